The fourth-order valence-electron chi connectivity index (χ4n) is 4.15. The van der Waals surface area contributed by atoms with E-state index in [1.165, 1.54) is 28.1 Å². The van der Waals surface area contributed by atoms with E-state index in [9.17, 15) is 10.1 Å². The van der Waals surface area contributed by atoms with Gasteiger partial charge in [0.1, 0.15) is 5.52 Å². The third kappa shape index (κ3) is 3.90. The highest BCUT2D eigenvalue weighted by molar-refractivity contribution is 5.97. The van der Waals surface area contributed by atoms with Crippen molar-refractivity contribution in [3.05, 3.63) is 106 Å². The Balaban J connectivity index is 1.26. The van der Waals surface area contributed by atoms with Gasteiger partial charge in [-0.1, -0.05) is 42.5 Å². The first-order chi connectivity index (χ1) is 15.7. The van der Waals surface area contributed by atoms with Crippen molar-refractivity contribution >= 4 is 38.9 Å². The molecule has 0 atom stereocenters. The Kier molecular flexibility index (Phi) is 5.25. The molecule has 0 amide bonds. The Morgan fingerprint density at radius 3 is 2.56 bits per heavy atom. The molecule has 2 heterocycles. The molecular weight excluding hydrogens is 400 g/mol. The van der Waals surface area contributed by atoms with E-state index >= 15 is 0 Å². The minimum atomic E-state index is -0.399. The number of aromatic nitrogens is 2. The molecule has 0 spiro atoms. The predicted molar refractivity (Wildman–Crippen MR) is 128 cm³/mol. The third-order valence-electron chi connectivity index (χ3n) is 5.77. The summed E-state index contributed by atoms with van der Waals surface area (Å²) in [7, 11) is 0. The molecule has 2 N–H and O–H groups in total. The Bertz CT molecular complexity index is 1410. The van der Waals surface area contributed by atoms with Gasteiger partial charge < -0.3 is 10.3 Å². The van der Waals surface area contributed by atoms with Gasteiger partial charge in [-0.05, 0) is 54.7 Å². The summed E-state index contributed by atoms with van der Waals surface area (Å²) in [4.78, 5) is 18.4. The van der Waals surface area contributed by atoms with Crippen molar-refractivity contribution in [1.82, 2.24) is 9.97 Å². The van der Waals surface area contributed by atoms with E-state index in [1.807, 2.05) is 30.3 Å². The normalized spacial score (nSPS) is 11.1. The molecule has 5 aromatic rings. The number of aryl methyl sites for hydroxylation is 2. The maximum atomic E-state index is 11.3. The number of para-hydroxylation sites is 2. The summed E-state index contributed by atoms with van der Waals surface area (Å²) in [6.07, 6.45) is 6.82. The number of nitrogens with one attached hydrogen (secondary N) is 2. The Hall–Kier alpha value is -4.19. The van der Waals surface area contributed by atoms with E-state index in [0.717, 1.165) is 36.0 Å². The Morgan fingerprint density at radius 2 is 1.72 bits per heavy atom. The summed E-state index contributed by atoms with van der Waals surface area (Å²) in [5.41, 5.74) is 5.96. The van der Waals surface area contributed by atoms with E-state index < -0.39 is 4.92 Å². The lowest BCUT2D eigenvalue weighted by atomic mass is 10.0. The van der Waals surface area contributed by atoms with E-state index in [0.29, 0.717) is 5.52 Å². The third-order valence-corrected chi connectivity index (χ3v) is 5.77. The SMILES string of the molecule is O=[N+]([O-])c1cccc2c(Nc3ccc(CCCc4c[nH]c5ccccc45)cc3)ccnc12. The summed E-state index contributed by atoms with van der Waals surface area (Å²) < 4.78 is 0. The van der Waals surface area contributed by atoms with Crippen LogP contribution in [0.25, 0.3) is 21.8 Å². The number of hydrogen-bond donors (Lipinski definition) is 2. The van der Waals surface area contributed by atoms with Gasteiger partial charge >= 0.3 is 0 Å². The number of fused-ring (bicyclic) bond motifs is 2. The van der Waals surface area contributed by atoms with Crippen LogP contribution in [0.3, 0.4) is 0 Å². The van der Waals surface area contributed by atoms with Crippen molar-refractivity contribution in [2.24, 2.45) is 0 Å². The molecule has 158 valence electrons. The minimum Gasteiger partial charge on any atom is -0.361 e. The number of H-pyrrole nitrogens is 1. The van der Waals surface area contributed by atoms with Crippen molar-refractivity contribution < 1.29 is 4.92 Å². The second-order valence-electron chi connectivity index (χ2n) is 7.82. The zero-order chi connectivity index (χ0) is 21.9. The summed E-state index contributed by atoms with van der Waals surface area (Å²) in [5, 5.41) is 16.7. The van der Waals surface area contributed by atoms with Crippen molar-refractivity contribution in [1.29, 1.82) is 0 Å². The lowest BCUT2D eigenvalue weighted by Gasteiger charge is -2.10. The van der Waals surface area contributed by atoms with Crippen molar-refractivity contribution in [3.63, 3.8) is 0 Å². The number of benzene rings is 3. The van der Waals surface area contributed by atoms with Gasteiger partial charge in [-0.2, -0.15) is 0 Å². The van der Waals surface area contributed by atoms with E-state index in [2.05, 4.69) is 51.8 Å². The lowest BCUT2D eigenvalue weighted by Crippen LogP contribution is -1.96. The van der Waals surface area contributed by atoms with Crippen LogP contribution in [0, 0.1) is 10.1 Å². The minimum absolute atomic E-state index is 0.0108. The first-order valence-electron chi connectivity index (χ1n) is 10.6. The second-order valence-corrected chi connectivity index (χ2v) is 7.82. The molecule has 32 heavy (non-hydrogen) atoms. The summed E-state index contributed by atoms with van der Waals surface area (Å²) in [5.74, 6) is 0. The highest BCUT2D eigenvalue weighted by atomic mass is 16.6. The Morgan fingerprint density at radius 1 is 0.906 bits per heavy atom. The molecule has 6 heteroatoms. The molecule has 0 aliphatic carbocycles. The molecule has 0 saturated carbocycles. The molecule has 5 rings (SSSR count). The molecule has 0 unspecified atom stereocenters. The zero-order valence-corrected chi connectivity index (χ0v) is 17.4. The van der Waals surface area contributed by atoms with E-state index in [4.69, 9.17) is 0 Å². The van der Waals surface area contributed by atoms with Gasteiger partial charge in [-0.15, -0.1) is 0 Å². The second kappa shape index (κ2) is 8.51. The van der Waals surface area contributed by atoms with Crippen LogP contribution in [0.5, 0.6) is 0 Å². The van der Waals surface area contributed by atoms with Gasteiger partial charge in [-0.3, -0.25) is 10.1 Å². The Labute approximate surface area is 185 Å². The van der Waals surface area contributed by atoms with E-state index in [-0.39, 0.29) is 5.69 Å². The lowest BCUT2D eigenvalue weighted by molar-refractivity contribution is -0.383. The first kappa shape index (κ1) is 19.8. The summed E-state index contributed by atoms with van der Waals surface area (Å²) >= 11 is 0. The van der Waals surface area contributed by atoms with Crippen LogP contribution < -0.4 is 5.32 Å². The summed E-state index contributed by atoms with van der Waals surface area (Å²) in [6, 6.07) is 23.6. The molecule has 6 nitrogen and oxygen atoms in total. The molecule has 2 aromatic heterocycles. The van der Waals surface area contributed by atoms with Crippen molar-refractivity contribution in [2.45, 2.75) is 19.3 Å². The fourth-order valence-corrected chi connectivity index (χ4v) is 4.15. The largest absolute Gasteiger partial charge is 0.361 e. The molecule has 0 aliphatic rings. The highest BCUT2D eigenvalue weighted by Crippen LogP contribution is 2.30. The topological polar surface area (TPSA) is 83.9 Å². The fraction of sp³-hybridized carbons (Fsp3) is 0.115. The molecule has 3 aromatic carbocycles. The van der Waals surface area contributed by atoms with Crippen LogP contribution in [0.1, 0.15) is 17.5 Å². The molecule has 0 fully saturated rings. The number of non-ortho nitro benzene ring substituents is 1. The number of rotatable bonds is 7. The molecular formula is C26H22N4O2. The number of aromatic amines is 1. The van der Waals surface area contributed by atoms with Gasteiger partial charge in [0.15, 0.2) is 0 Å². The monoisotopic (exact) mass is 422 g/mol. The van der Waals surface area contributed by atoms with E-state index in [1.54, 1.807) is 12.3 Å². The molecule has 0 saturated heterocycles. The summed E-state index contributed by atoms with van der Waals surface area (Å²) in [6.45, 7) is 0. The van der Waals surface area contributed by atoms with Crippen LogP contribution in [-0.2, 0) is 12.8 Å². The predicted octanol–water partition coefficient (Wildman–Crippen LogP) is 6.54. The van der Waals surface area contributed by atoms with Crippen molar-refractivity contribution in [3.8, 4) is 0 Å². The van der Waals surface area contributed by atoms with Crippen LogP contribution >= 0.6 is 0 Å². The van der Waals surface area contributed by atoms with Crippen LogP contribution in [0.15, 0.2) is 85.2 Å². The average molecular weight is 422 g/mol. The smallest absolute Gasteiger partial charge is 0.295 e. The zero-order valence-electron chi connectivity index (χ0n) is 17.4. The van der Waals surface area contributed by atoms with Gasteiger partial charge in [-0.25, -0.2) is 4.98 Å². The van der Waals surface area contributed by atoms with Gasteiger partial charge in [0.2, 0.25) is 0 Å². The standard InChI is InChI=1S/C26H22N4O2/c31-30(32)25-10-4-8-22-24(15-16-27-26(22)25)29-20-13-11-18(12-14-20)5-3-6-19-17-28-23-9-2-1-7-21(19)23/h1-2,4,7-17,28H,3,5-6H2,(H,27,29). The molecule has 0 bridgehead atoms. The number of nitro benzene ring substituents is 1. The van der Waals surface area contributed by atoms with Crippen LogP contribution in [0.4, 0.5) is 17.1 Å². The molecule has 0 radical (unpaired) electrons. The highest BCUT2D eigenvalue weighted by Gasteiger charge is 2.14. The number of pyridine rings is 1. The average Bonchev–Trinajstić information content (AvgIpc) is 3.23. The first-order valence-corrected chi connectivity index (χ1v) is 10.6. The number of nitro groups is 1. The number of nitrogens with zero attached hydrogens (tertiary/aromatic N) is 2. The van der Waals surface area contributed by atoms with Crippen LogP contribution in [0.2, 0.25) is 0 Å². The number of hydrogen-bond acceptors (Lipinski definition) is 4. The van der Waals surface area contributed by atoms with Gasteiger partial charge in [0, 0.05) is 46.1 Å². The van der Waals surface area contributed by atoms with Gasteiger partial charge in [0.25, 0.3) is 5.69 Å². The quantitative estimate of drug-likeness (QED) is 0.230. The molecule has 0 aliphatic heterocycles. The number of anilines is 2. The van der Waals surface area contributed by atoms with Gasteiger partial charge in [0.05, 0.1) is 4.92 Å². The maximum Gasteiger partial charge on any atom is 0.295 e. The van der Waals surface area contributed by atoms with Crippen LogP contribution in [-0.4, -0.2) is 14.9 Å². The maximum absolute atomic E-state index is 11.3. The van der Waals surface area contributed by atoms with Crippen molar-refractivity contribution in [2.75, 3.05) is 5.32 Å².